The first kappa shape index (κ1) is 11.8. The number of benzene rings is 1. The number of hydrogen-bond acceptors (Lipinski definition) is 5. The summed E-state index contributed by atoms with van der Waals surface area (Å²) in [5.74, 6) is 1.30. The molecule has 0 fully saturated rings. The summed E-state index contributed by atoms with van der Waals surface area (Å²) in [5, 5.41) is 10.3. The Labute approximate surface area is 123 Å². The van der Waals surface area contributed by atoms with E-state index in [1.54, 1.807) is 0 Å². The van der Waals surface area contributed by atoms with Gasteiger partial charge < -0.3 is 4.52 Å². The number of halogens is 2. The fourth-order valence-electron chi connectivity index (χ4n) is 1.40. The minimum absolute atomic E-state index is 0.383. The van der Waals surface area contributed by atoms with Crippen LogP contribution in [0.25, 0.3) is 23.1 Å². The monoisotopic (exact) mass is 417 g/mol. The number of nitrogens with one attached hydrogen (secondary N) is 1. The van der Waals surface area contributed by atoms with E-state index in [0.29, 0.717) is 17.5 Å². The molecule has 3 aromatic rings. The molecule has 1 aromatic carbocycles. The molecule has 0 saturated heterocycles. The van der Waals surface area contributed by atoms with Crippen molar-refractivity contribution in [1.29, 1.82) is 0 Å². The molecule has 3 rings (SSSR count). The van der Waals surface area contributed by atoms with E-state index in [9.17, 15) is 0 Å². The van der Waals surface area contributed by atoms with Gasteiger partial charge in [-0.2, -0.15) is 10.1 Å². The normalized spacial score (nSPS) is 10.8. The number of aromatic amines is 1. The molecule has 0 aliphatic heterocycles. The summed E-state index contributed by atoms with van der Waals surface area (Å²) >= 11 is 5.69. The highest BCUT2D eigenvalue weighted by molar-refractivity contribution is 14.1. The fraction of sp³-hybridized carbons (Fsp3) is 0. The summed E-state index contributed by atoms with van der Waals surface area (Å²) < 4.78 is 7.22. The lowest BCUT2D eigenvalue weighted by molar-refractivity contribution is 0.431. The number of hydrogen-bond donors (Lipinski definition) is 1. The molecule has 18 heavy (non-hydrogen) atoms. The molecule has 0 aliphatic rings. The van der Waals surface area contributed by atoms with E-state index in [-0.39, 0.29) is 0 Å². The van der Waals surface area contributed by atoms with Gasteiger partial charge in [0.2, 0.25) is 5.82 Å². The molecular weight excluding hydrogens is 413 g/mol. The standard InChI is InChI=1S/C10H5BrIN5O/c11-7-2-1-5(12)3-6(7)10-15-9(17-18-10)8-13-4-14-16-8/h1-4H,(H,13,14,16). The van der Waals surface area contributed by atoms with E-state index < -0.39 is 0 Å². The first-order chi connectivity index (χ1) is 8.74. The van der Waals surface area contributed by atoms with Crippen molar-refractivity contribution in [2.75, 3.05) is 0 Å². The third-order valence-corrected chi connectivity index (χ3v) is 3.57. The van der Waals surface area contributed by atoms with Crippen LogP contribution >= 0.6 is 38.5 Å². The lowest BCUT2D eigenvalue weighted by Crippen LogP contribution is -1.85. The van der Waals surface area contributed by atoms with E-state index in [2.05, 4.69) is 63.8 Å². The van der Waals surface area contributed by atoms with Crippen LogP contribution in [-0.2, 0) is 0 Å². The Balaban J connectivity index is 2.05. The zero-order chi connectivity index (χ0) is 12.5. The van der Waals surface area contributed by atoms with Gasteiger partial charge in [0.05, 0.1) is 5.56 Å². The molecule has 0 spiro atoms. The molecule has 8 heteroatoms. The quantitative estimate of drug-likeness (QED) is 0.648. The number of H-pyrrole nitrogens is 1. The molecule has 1 N–H and O–H groups in total. The molecule has 2 heterocycles. The van der Waals surface area contributed by atoms with Gasteiger partial charge in [-0.1, -0.05) is 5.16 Å². The Morgan fingerprint density at radius 3 is 3.00 bits per heavy atom. The maximum atomic E-state index is 5.23. The van der Waals surface area contributed by atoms with Crippen LogP contribution < -0.4 is 0 Å². The van der Waals surface area contributed by atoms with Crippen molar-refractivity contribution in [2.24, 2.45) is 0 Å². The van der Waals surface area contributed by atoms with Crippen molar-refractivity contribution in [1.82, 2.24) is 25.3 Å². The van der Waals surface area contributed by atoms with E-state index in [1.807, 2.05) is 18.2 Å². The zero-order valence-corrected chi connectivity index (χ0v) is 12.5. The lowest BCUT2D eigenvalue weighted by atomic mass is 10.2. The molecule has 0 radical (unpaired) electrons. The Bertz CT molecular complexity index is 681. The summed E-state index contributed by atoms with van der Waals surface area (Å²) in [6.07, 6.45) is 1.40. The van der Waals surface area contributed by atoms with Gasteiger partial charge >= 0.3 is 0 Å². The molecule has 0 bridgehead atoms. The molecule has 0 unspecified atom stereocenters. The van der Waals surface area contributed by atoms with E-state index in [0.717, 1.165) is 13.6 Å². The Morgan fingerprint density at radius 2 is 2.22 bits per heavy atom. The van der Waals surface area contributed by atoms with Crippen molar-refractivity contribution in [3.05, 3.63) is 32.6 Å². The maximum Gasteiger partial charge on any atom is 0.259 e. The third-order valence-electron chi connectivity index (χ3n) is 2.21. The molecule has 6 nitrogen and oxygen atoms in total. The second kappa shape index (κ2) is 4.76. The van der Waals surface area contributed by atoms with E-state index >= 15 is 0 Å². The van der Waals surface area contributed by atoms with Crippen molar-refractivity contribution in [2.45, 2.75) is 0 Å². The Kier molecular flexibility index (Phi) is 3.12. The summed E-state index contributed by atoms with van der Waals surface area (Å²) in [5.41, 5.74) is 0.847. The summed E-state index contributed by atoms with van der Waals surface area (Å²) in [6, 6.07) is 5.89. The minimum Gasteiger partial charge on any atom is -0.333 e. The van der Waals surface area contributed by atoms with Gasteiger partial charge in [-0.05, 0) is 56.7 Å². The summed E-state index contributed by atoms with van der Waals surface area (Å²) in [6.45, 7) is 0. The predicted molar refractivity (Wildman–Crippen MR) is 75.5 cm³/mol. The van der Waals surface area contributed by atoms with Gasteiger partial charge in [0, 0.05) is 8.04 Å². The number of rotatable bonds is 2. The number of aromatic nitrogens is 5. The first-order valence-electron chi connectivity index (χ1n) is 4.89. The molecule has 0 amide bonds. The SMILES string of the molecule is Brc1ccc(I)cc1-c1nc(-c2ncn[nH]2)no1. The van der Waals surface area contributed by atoms with Crippen LogP contribution in [0, 0.1) is 3.57 Å². The summed E-state index contributed by atoms with van der Waals surface area (Å²) in [4.78, 5) is 8.25. The molecule has 0 aliphatic carbocycles. The maximum absolute atomic E-state index is 5.23. The van der Waals surface area contributed by atoms with Gasteiger partial charge in [-0.25, -0.2) is 4.98 Å². The minimum atomic E-state index is 0.383. The topological polar surface area (TPSA) is 80.5 Å². The second-order valence-corrected chi connectivity index (χ2v) is 5.48. The molecule has 0 saturated carbocycles. The highest BCUT2D eigenvalue weighted by Crippen LogP contribution is 2.29. The predicted octanol–water partition coefficient (Wildman–Crippen LogP) is 2.89. The van der Waals surface area contributed by atoms with Gasteiger partial charge in [-0.15, -0.1) is 0 Å². The van der Waals surface area contributed by atoms with Gasteiger partial charge in [0.1, 0.15) is 6.33 Å². The zero-order valence-electron chi connectivity index (χ0n) is 8.76. The van der Waals surface area contributed by atoms with Crippen LogP contribution in [0.2, 0.25) is 0 Å². The Morgan fingerprint density at radius 1 is 1.33 bits per heavy atom. The third kappa shape index (κ3) is 2.17. The highest BCUT2D eigenvalue weighted by Gasteiger charge is 2.14. The van der Waals surface area contributed by atoms with Gasteiger partial charge in [-0.3, -0.25) is 5.10 Å². The van der Waals surface area contributed by atoms with Crippen LogP contribution in [0.15, 0.2) is 33.5 Å². The Hall–Kier alpha value is -1.29. The van der Waals surface area contributed by atoms with Crippen LogP contribution in [0.1, 0.15) is 0 Å². The molecule has 90 valence electrons. The van der Waals surface area contributed by atoms with E-state index in [4.69, 9.17) is 4.52 Å². The number of nitrogens with zero attached hydrogens (tertiary/aromatic N) is 4. The fourth-order valence-corrected chi connectivity index (χ4v) is 2.31. The van der Waals surface area contributed by atoms with Crippen molar-refractivity contribution < 1.29 is 4.52 Å². The molecule has 0 atom stereocenters. The van der Waals surface area contributed by atoms with Crippen LogP contribution in [0.4, 0.5) is 0 Å². The lowest BCUT2D eigenvalue weighted by Gasteiger charge is -1.98. The molecular formula is C10H5BrIN5O. The van der Waals surface area contributed by atoms with Crippen molar-refractivity contribution >= 4 is 38.5 Å². The average molecular weight is 418 g/mol. The van der Waals surface area contributed by atoms with Crippen molar-refractivity contribution in [3.8, 4) is 23.1 Å². The van der Waals surface area contributed by atoms with Gasteiger partial charge in [0.15, 0.2) is 5.82 Å². The largest absolute Gasteiger partial charge is 0.333 e. The van der Waals surface area contributed by atoms with E-state index in [1.165, 1.54) is 6.33 Å². The molecule has 2 aromatic heterocycles. The smallest absolute Gasteiger partial charge is 0.259 e. The van der Waals surface area contributed by atoms with Gasteiger partial charge in [0.25, 0.3) is 5.89 Å². The summed E-state index contributed by atoms with van der Waals surface area (Å²) in [7, 11) is 0. The van der Waals surface area contributed by atoms with Crippen molar-refractivity contribution in [3.63, 3.8) is 0 Å². The first-order valence-corrected chi connectivity index (χ1v) is 6.76. The van der Waals surface area contributed by atoms with Crippen LogP contribution in [-0.4, -0.2) is 25.3 Å². The average Bonchev–Trinajstić information content (AvgIpc) is 3.00. The van der Waals surface area contributed by atoms with Crippen LogP contribution in [0.5, 0.6) is 0 Å². The second-order valence-electron chi connectivity index (χ2n) is 3.38. The highest BCUT2D eigenvalue weighted by atomic mass is 127. The van der Waals surface area contributed by atoms with Crippen LogP contribution in [0.3, 0.4) is 0 Å².